The highest BCUT2D eigenvalue weighted by molar-refractivity contribution is 5.88. The molecule has 0 atom stereocenters. The summed E-state index contributed by atoms with van der Waals surface area (Å²) in [5, 5.41) is 0. The maximum atomic E-state index is 11.7. The Balaban J connectivity index is 2.02. The van der Waals surface area contributed by atoms with Crippen LogP contribution in [0.25, 0.3) is 0 Å². The van der Waals surface area contributed by atoms with Crippen LogP contribution in [0, 0.1) is 0 Å². The van der Waals surface area contributed by atoms with Crippen LogP contribution in [-0.2, 0) is 4.79 Å². The lowest BCUT2D eigenvalue weighted by atomic mass is 10.1. The van der Waals surface area contributed by atoms with Crippen LogP contribution in [-0.4, -0.2) is 23.9 Å². The van der Waals surface area contributed by atoms with Gasteiger partial charge in [-0.1, -0.05) is 50.8 Å². The molecule has 2 nitrogen and oxygen atoms in total. The van der Waals surface area contributed by atoms with Crippen molar-refractivity contribution >= 4 is 5.91 Å². The molecule has 102 valence electrons. The Morgan fingerprint density at radius 2 is 1.78 bits per heavy atom. The van der Waals surface area contributed by atoms with Crippen LogP contribution in [0.5, 0.6) is 0 Å². The fraction of sp³-hybridized carbons (Fsp3) is 0.688. The first kappa shape index (κ1) is 15.0. The summed E-state index contributed by atoms with van der Waals surface area (Å²) in [5.74, 6) is 0.167. The molecular formula is C16H27NO. The molecule has 18 heavy (non-hydrogen) atoms. The highest BCUT2D eigenvalue weighted by atomic mass is 16.2. The van der Waals surface area contributed by atoms with Crippen LogP contribution in [0.15, 0.2) is 24.3 Å². The van der Waals surface area contributed by atoms with E-state index in [1.54, 1.807) is 6.08 Å². The van der Waals surface area contributed by atoms with E-state index in [1.165, 1.54) is 32.1 Å². The Bertz CT molecular complexity index is 275. The first-order valence-corrected chi connectivity index (χ1v) is 7.46. The predicted molar refractivity (Wildman–Crippen MR) is 77.5 cm³/mol. The van der Waals surface area contributed by atoms with Crippen LogP contribution < -0.4 is 0 Å². The van der Waals surface area contributed by atoms with E-state index < -0.39 is 0 Å². The van der Waals surface area contributed by atoms with Gasteiger partial charge in [-0.15, -0.1) is 0 Å². The van der Waals surface area contributed by atoms with Crippen molar-refractivity contribution in [2.75, 3.05) is 13.1 Å². The van der Waals surface area contributed by atoms with Gasteiger partial charge in [-0.2, -0.15) is 0 Å². The Morgan fingerprint density at radius 1 is 1.06 bits per heavy atom. The molecule has 0 saturated carbocycles. The zero-order chi connectivity index (χ0) is 13.1. The Hall–Kier alpha value is -1.05. The van der Waals surface area contributed by atoms with Crippen LogP contribution in [0.2, 0.25) is 0 Å². The molecule has 0 spiro atoms. The van der Waals surface area contributed by atoms with Gasteiger partial charge in [0.1, 0.15) is 0 Å². The number of allylic oxidation sites excluding steroid dienone is 3. The molecule has 0 unspecified atom stereocenters. The highest BCUT2D eigenvalue weighted by Gasteiger charge is 2.14. The first-order valence-electron chi connectivity index (χ1n) is 7.46. The number of hydrogen-bond donors (Lipinski definition) is 0. The average molecular weight is 249 g/mol. The fourth-order valence-corrected chi connectivity index (χ4v) is 2.22. The monoisotopic (exact) mass is 249 g/mol. The van der Waals surface area contributed by atoms with Crippen LogP contribution in [0.3, 0.4) is 0 Å². The van der Waals surface area contributed by atoms with E-state index in [0.717, 1.165) is 32.4 Å². The summed E-state index contributed by atoms with van der Waals surface area (Å²) in [7, 11) is 0. The lowest BCUT2D eigenvalue weighted by Gasteiger charge is -2.11. The van der Waals surface area contributed by atoms with Gasteiger partial charge in [-0.3, -0.25) is 4.79 Å². The number of nitrogens with zero attached hydrogens (tertiary/aromatic N) is 1. The van der Waals surface area contributed by atoms with E-state index in [-0.39, 0.29) is 5.91 Å². The second-order valence-electron chi connectivity index (χ2n) is 5.02. The molecule has 1 rings (SSSR count). The molecule has 2 heteroatoms. The molecule has 0 aromatic carbocycles. The van der Waals surface area contributed by atoms with Gasteiger partial charge in [0.25, 0.3) is 0 Å². The van der Waals surface area contributed by atoms with Gasteiger partial charge < -0.3 is 4.90 Å². The van der Waals surface area contributed by atoms with E-state index in [9.17, 15) is 4.79 Å². The second-order valence-corrected chi connectivity index (χ2v) is 5.02. The minimum Gasteiger partial charge on any atom is -0.339 e. The van der Waals surface area contributed by atoms with Crippen molar-refractivity contribution in [1.29, 1.82) is 0 Å². The SMILES string of the molecule is CCCCCCC/C=C/C=C/C(=O)N1CCCC1. The molecule has 1 heterocycles. The third-order valence-corrected chi connectivity index (χ3v) is 3.38. The highest BCUT2D eigenvalue weighted by Crippen LogP contribution is 2.08. The van der Waals surface area contributed by atoms with Gasteiger partial charge in [-0.25, -0.2) is 0 Å². The zero-order valence-electron chi connectivity index (χ0n) is 11.7. The van der Waals surface area contributed by atoms with Crippen molar-refractivity contribution in [3.05, 3.63) is 24.3 Å². The molecule has 0 radical (unpaired) electrons. The number of rotatable bonds is 8. The normalized spacial score (nSPS) is 16.2. The molecule has 1 fully saturated rings. The number of likely N-dealkylation sites (tertiary alicyclic amines) is 1. The van der Waals surface area contributed by atoms with Crippen LogP contribution in [0.1, 0.15) is 58.3 Å². The lowest BCUT2D eigenvalue weighted by molar-refractivity contribution is -0.124. The molecule has 0 aliphatic carbocycles. The molecule has 1 saturated heterocycles. The van der Waals surface area contributed by atoms with Gasteiger partial charge in [-0.05, 0) is 25.7 Å². The summed E-state index contributed by atoms with van der Waals surface area (Å²) >= 11 is 0. The van der Waals surface area contributed by atoms with Gasteiger partial charge in [0.05, 0.1) is 0 Å². The van der Waals surface area contributed by atoms with E-state index in [1.807, 2.05) is 17.1 Å². The van der Waals surface area contributed by atoms with Gasteiger partial charge in [0.15, 0.2) is 0 Å². The molecule has 0 aromatic rings. The van der Waals surface area contributed by atoms with E-state index in [4.69, 9.17) is 0 Å². The first-order chi connectivity index (χ1) is 8.84. The molecule has 0 bridgehead atoms. The third-order valence-electron chi connectivity index (χ3n) is 3.38. The minimum atomic E-state index is 0.167. The molecule has 1 aliphatic rings. The Labute approximate surface area is 112 Å². The third kappa shape index (κ3) is 6.63. The number of amides is 1. The van der Waals surface area contributed by atoms with E-state index in [2.05, 4.69) is 13.0 Å². The molecular weight excluding hydrogens is 222 g/mol. The van der Waals surface area contributed by atoms with Crippen LogP contribution in [0.4, 0.5) is 0 Å². The molecule has 1 aliphatic heterocycles. The van der Waals surface area contributed by atoms with E-state index >= 15 is 0 Å². The van der Waals surface area contributed by atoms with Crippen molar-refractivity contribution in [2.24, 2.45) is 0 Å². The zero-order valence-corrected chi connectivity index (χ0v) is 11.7. The molecule has 0 N–H and O–H groups in total. The van der Waals surface area contributed by atoms with Crippen molar-refractivity contribution in [1.82, 2.24) is 4.90 Å². The predicted octanol–water partition coefficient (Wildman–Crippen LogP) is 4.08. The van der Waals surface area contributed by atoms with E-state index in [0.29, 0.717) is 0 Å². The van der Waals surface area contributed by atoms with Crippen molar-refractivity contribution in [3.8, 4) is 0 Å². The summed E-state index contributed by atoms with van der Waals surface area (Å²) in [5.41, 5.74) is 0. The van der Waals surface area contributed by atoms with Gasteiger partial charge >= 0.3 is 0 Å². The standard InChI is InChI=1S/C16H27NO/c1-2-3-4-5-6-7-8-9-10-13-16(18)17-14-11-12-15-17/h8-10,13H,2-7,11-12,14-15H2,1H3/b9-8+,13-10+. The largest absolute Gasteiger partial charge is 0.339 e. The Morgan fingerprint density at radius 3 is 2.50 bits per heavy atom. The topological polar surface area (TPSA) is 20.3 Å². The number of carbonyl (C=O) groups is 1. The maximum Gasteiger partial charge on any atom is 0.246 e. The average Bonchev–Trinajstić information content (AvgIpc) is 2.90. The van der Waals surface area contributed by atoms with Gasteiger partial charge in [0.2, 0.25) is 5.91 Å². The lowest BCUT2D eigenvalue weighted by Crippen LogP contribution is -2.25. The van der Waals surface area contributed by atoms with Crippen LogP contribution >= 0.6 is 0 Å². The number of hydrogen-bond acceptors (Lipinski definition) is 1. The summed E-state index contributed by atoms with van der Waals surface area (Å²) in [6.07, 6.45) is 17.8. The summed E-state index contributed by atoms with van der Waals surface area (Å²) in [6, 6.07) is 0. The van der Waals surface area contributed by atoms with Crippen molar-refractivity contribution in [3.63, 3.8) is 0 Å². The van der Waals surface area contributed by atoms with Crippen molar-refractivity contribution in [2.45, 2.75) is 58.3 Å². The smallest absolute Gasteiger partial charge is 0.246 e. The number of unbranched alkanes of at least 4 members (excludes halogenated alkanes) is 5. The summed E-state index contributed by atoms with van der Waals surface area (Å²) in [6.45, 7) is 4.11. The fourth-order valence-electron chi connectivity index (χ4n) is 2.22. The molecule has 0 aromatic heterocycles. The number of carbonyl (C=O) groups excluding carboxylic acids is 1. The summed E-state index contributed by atoms with van der Waals surface area (Å²) < 4.78 is 0. The van der Waals surface area contributed by atoms with Crippen molar-refractivity contribution < 1.29 is 4.79 Å². The second kappa shape index (κ2) is 9.93. The maximum absolute atomic E-state index is 11.7. The summed E-state index contributed by atoms with van der Waals surface area (Å²) in [4.78, 5) is 13.6. The van der Waals surface area contributed by atoms with Gasteiger partial charge in [0, 0.05) is 19.2 Å². The minimum absolute atomic E-state index is 0.167. The quantitative estimate of drug-likeness (QED) is 0.360. The Kier molecular flexibility index (Phi) is 8.28. The molecule has 1 amide bonds.